The number of terminal acetylenes is 1. The Bertz CT molecular complexity index is 551. The number of anilines is 1. The van der Waals surface area contributed by atoms with Gasteiger partial charge in [-0.1, -0.05) is 12.1 Å². The van der Waals surface area contributed by atoms with Gasteiger partial charge in [-0.3, -0.25) is 0 Å². The average molecular weight is 312 g/mol. The molecule has 0 saturated carbocycles. The predicted molar refractivity (Wildman–Crippen MR) is 86.1 cm³/mol. The van der Waals surface area contributed by atoms with Crippen LogP contribution < -0.4 is 10.5 Å². The first kappa shape index (κ1) is 16.9. The highest BCUT2D eigenvalue weighted by Gasteiger charge is 2.09. The standard InChI is InChI=1S/C14H20N2O2S2/c1-2-3-4-7-10-16-20(17,18)12-11-19-14-9-6-5-8-13(14)15/h1,5-6,8-9,16H,3-4,7,10-12,15H2. The van der Waals surface area contributed by atoms with Crippen LogP contribution in [0, 0.1) is 12.3 Å². The molecule has 0 radical (unpaired) electrons. The number of nitrogens with two attached hydrogens (primary N) is 1. The van der Waals surface area contributed by atoms with Gasteiger partial charge in [0.15, 0.2) is 0 Å². The number of nitrogen functional groups attached to an aromatic ring is 1. The van der Waals surface area contributed by atoms with Crippen LogP contribution >= 0.6 is 11.8 Å². The van der Waals surface area contributed by atoms with Gasteiger partial charge in [-0.15, -0.1) is 24.1 Å². The number of rotatable bonds is 9. The SMILES string of the molecule is C#CCCCCNS(=O)(=O)CCSc1ccccc1N. The summed E-state index contributed by atoms with van der Waals surface area (Å²) in [5.74, 6) is 3.10. The molecule has 0 aliphatic carbocycles. The van der Waals surface area contributed by atoms with E-state index in [1.54, 1.807) is 6.07 Å². The maximum atomic E-state index is 11.7. The number of hydrogen-bond acceptors (Lipinski definition) is 4. The highest BCUT2D eigenvalue weighted by molar-refractivity contribution is 8.00. The second-order valence-corrected chi connectivity index (χ2v) is 7.32. The molecule has 0 amide bonds. The van der Waals surface area contributed by atoms with Gasteiger partial charge in [0.05, 0.1) is 5.75 Å². The van der Waals surface area contributed by atoms with Gasteiger partial charge >= 0.3 is 0 Å². The lowest BCUT2D eigenvalue weighted by Crippen LogP contribution is -2.28. The lowest BCUT2D eigenvalue weighted by molar-refractivity contribution is 0.579. The van der Waals surface area contributed by atoms with Crippen molar-refractivity contribution in [1.82, 2.24) is 4.72 Å². The van der Waals surface area contributed by atoms with Crippen molar-refractivity contribution in [2.45, 2.75) is 24.2 Å². The van der Waals surface area contributed by atoms with E-state index in [1.165, 1.54) is 11.8 Å². The van der Waals surface area contributed by atoms with Crippen molar-refractivity contribution < 1.29 is 8.42 Å². The quantitative estimate of drug-likeness (QED) is 0.317. The van der Waals surface area contributed by atoms with Crippen molar-refractivity contribution in [3.05, 3.63) is 24.3 Å². The van der Waals surface area contributed by atoms with Crippen LogP contribution in [0.4, 0.5) is 5.69 Å². The third-order valence-corrected chi connectivity index (χ3v) is 5.33. The number of benzene rings is 1. The zero-order valence-corrected chi connectivity index (χ0v) is 13.0. The Morgan fingerprint density at radius 3 is 2.75 bits per heavy atom. The number of para-hydroxylation sites is 1. The molecule has 0 heterocycles. The van der Waals surface area contributed by atoms with Gasteiger partial charge in [0.2, 0.25) is 10.0 Å². The van der Waals surface area contributed by atoms with E-state index in [1.807, 2.05) is 18.2 Å². The lowest BCUT2D eigenvalue weighted by atomic mass is 10.2. The summed E-state index contributed by atoms with van der Waals surface area (Å²) in [5, 5.41) is 0. The minimum absolute atomic E-state index is 0.0845. The Hall–Kier alpha value is -1.16. The van der Waals surface area contributed by atoms with Gasteiger partial charge in [0.25, 0.3) is 0 Å². The van der Waals surface area contributed by atoms with Gasteiger partial charge in [-0.2, -0.15) is 0 Å². The molecule has 20 heavy (non-hydrogen) atoms. The Morgan fingerprint density at radius 1 is 1.30 bits per heavy atom. The van der Waals surface area contributed by atoms with E-state index in [0.29, 0.717) is 24.4 Å². The van der Waals surface area contributed by atoms with E-state index < -0.39 is 10.0 Å². The molecule has 0 aliphatic heterocycles. The number of hydrogen-bond donors (Lipinski definition) is 2. The maximum Gasteiger partial charge on any atom is 0.212 e. The summed E-state index contributed by atoms with van der Waals surface area (Å²) < 4.78 is 26.1. The summed E-state index contributed by atoms with van der Waals surface area (Å²) in [4.78, 5) is 0.914. The third kappa shape index (κ3) is 6.85. The first-order chi connectivity index (χ1) is 9.55. The molecular weight excluding hydrogens is 292 g/mol. The summed E-state index contributed by atoms with van der Waals surface area (Å²) in [7, 11) is -3.22. The van der Waals surface area contributed by atoms with Crippen molar-refractivity contribution >= 4 is 27.5 Å². The van der Waals surface area contributed by atoms with E-state index in [2.05, 4.69) is 10.6 Å². The molecule has 0 saturated heterocycles. The van der Waals surface area contributed by atoms with Crippen LogP contribution in [0.1, 0.15) is 19.3 Å². The van der Waals surface area contributed by atoms with Gasteiger partial charge in [0, 0.05) is 29.3 Å². The first-order valence-corrected chi connectivity index (χ1v) is 9.07. The summed E-state index contributed by atoms with van der Waals surface area (Å²) >= 11 is 1.45. The Kier molecular flexibility index (Phi) is 7.52. The molecule has 0 fully saturated rings. The predicted octanol–water partition coefficient (Wildman–Crippen LogP) is 2.08. The first-order valence-electron chi connectivity index (χ1n) is 6.43. The fourth-order valence-electron chi connectivity index (χ4n) is 1.53. The van der Waals surface area contributed by atoms with Crippen LogP contribution in [0.5, 0.6) is 0 Å². The van der Waals surface area contributed by atoms with Crippen molar-refractivity contribution in [3.63, 3.8) is 0 Å². The molecule has 0 aliphatic rings. The number of thioether (sulfide) groups is 1. The van der Waals surface area contributed by atoms with Gasteiger partial charge in [-0.05, 0) is 25.0 Å². The van der Waals surface area contributed by atoms with E-state index in [9.17, 15) is 8.42 Å². The smallest absolute Gasteiger partial charge is 0.212 e. The molecule has 3 N–H and O–H groups in total. The number of sulfonamides is 1. The molecule has 0 aromatic heterocycles. The highest BCUT2D eigenvalue weighted by atomic mass is 32.2. The molecule has 4 nitrogen and oxygen atoms in total. The van der Waals surface area contributed by atoms with Crippen LogP contribution in [0.15, 0.2) is 29.2 Å². The topological polar surface area (TPSA) is 72.2 Å². The molecule has 1 aromatic rings. The van der Waals surface area contributed by atoms with Crippen LogP contribution in [0.2, 0.25) is 0 Å². The number of nitrogens with one attached hydrogen (secondary N) is 1. The molecule has 0 spiro atoms. The van der Waals surface area contributed by atoms with Crippen molar-refractivity contribution in [1.29, 1.82) is 0 Å². The van der Waals surface area contributed by atoms with E-state index in [-0.39, 0.29) is 5.75 Å². The van der Waals surface area contributed by atoms with Crippen LogP contribution in [-0.2, 0) is 10.0 Å². The van der Waals surface area contributed by atoms with Gasteiger partial charge < -0.3 is 5.73 Å². The molecule has 0 atom stereocenters. The second kappa shape index (κ2) is 8.90. The highest BCUT2D eigenvalue weighted by Crippen LogP contribution is 2.24. The van der Waals surface area contributed by atoms with Crippen LogP contribution in [0.3, 0.4) is 0 Å². The minimum Gasteiger partial charge on any atom is -0.398 e. The Labute approximate surface area is 125 Å². The van der Waals surface area contributed by atoms with E-state index >= 15 is 0 Å². The fraction of sp³-hybridized carbons (Fsp3) is 0.429. The van der Waals surface area contributed by atoms with Crippen LogP contribution in [0.25, 0.3) is 0 Å². The molecule has 110 valence electrons. The zero-order chi connectivity index (χ0) is 14.8. The number of unbranched alkanes of at least 4 members (excludes halogenated alkanes) is 2. The molecule has 0 unspecified atom stereocenters. The van der Waals surface area contributed by atoms with Gasteiger partial charge in [0.1, 0.15) is 0 Å². The molecule has 1 rings (SSSR count). The van der Waals surface area contributed by atoms with Crippen LogP contribution in [-0.4, -0.2) is 26.5 Å². The fourth-order valence-corrected chi connectivity index (χ4v) is 3.97. The summed E-state index contributed by atoms with van der Waals surface area (Å²) in [6, 6.07) is 7.44. The van der Waals surface area contributed by atoms with Gasteiger partial charge in [-0.25, -0.2) is 13.1 Å². The van der Waals surface area contributed by atoms with Crippen molar-refractivity contribution in [3.8, 4) is 12.3 Å². The molecule has 0 bridgehead atoms. The summed E-state index contributed by atoms with van der Waals surface area (Å²) in [6.45, 7) is 0.447. The summed E-state index contributed by atoms with van der Waals surface area (Å²) in [5.41, 5.74) is 6.47. The third-order valence-electron chi connectivity index (χ3n) is 2.60. The largest absolute Gasteiger partial charge is 0.398 e. The van der Waals surface area contributed by atoms with Crippen molar-refractivity contribution in [2.24, 2.45) is 0 Å². The zero-order valence-electron chi connectivity index (χ0n) is 11.3. The molecular formula is C14H20N2O2S2. The Morgan fingerprint density at radius 2 is 2.05 bits per heavy atom. The summed E-state index contributed by atoms with van der Waals surface area (Å²) in [6.07, 6.45) is 7.42. The monoisotopic (exact) mass is 312 g/mol. The van der Waals surface area contributed by atoms with E-state index in [4.69, 9.17) is 12.2 Å². The molecule has 6 heteroatoms. The lowest BCUT2D eigenvalue weighted by Gasteiger charge is -2.07. The Balaban J connectivity index is 2.26. The average Bonchev–Trinajstić information content (AvgIpc) is 2.40. The van der Waals surface area contributed by atoms with E-state index in [0.717, 1.165) is 17.7 Å². The molecule has 1 aromatic carbocycles. The minimum atomic E-state index is -3.22. The van der Waals surface area contributed by atoms with Crippen molar-refractivity contribution in [2.75, 3.05) is 23.8 Å². The maximum absolute atomic E-state index is 11.7. The second-order valence-electron chi connectivity index (χ2n) is 4.26. The normalized spacial score (nSPS) is 11.2.